The summed E-state index contributed by atoms with van der Waals surface area (Å²) in [5.74, 6) is -1.02. The summed E-state index contributed by atoms with van der Waals surface area (Å²) < 4.78 is 13.6. The lowest BCUT2D eigenvalue weighted by atomic mass is 10.2. The summed E-state index contributed by atoms with van der Waals surface area (Å²) in [7, 11) is 1.53. The molecule has 0 aliphatic heterocycles. The van der Waals surface area contributed by atoms with Crippen LogP contribution in [-0.2, 0) is 4.79 Å². The summed E-state index contributed by atoms with van der Waals surface area (Å²) in [6.45, 7) is -0.0822. The van der Waals surface area contributed by atoms with Crippen molar-refractivity contribution in [2.45, 2.75) is 0 Å². The minimum atomic E-state index is -0.398. The van der Waals surface area contributed by atoms with Crippen molar-refractivity contribution in [3.8, 4) is 0 Å². The van der Waals surface area contributed by atoms with Crippen LogP contribution in [0.1, 0.15) is 10.4 Å². The molecule has 0 fully saturated rings. The molecule has 4 nitrogen and oxygen atoms in total. The van der Waals surface area contributed by atoms with Gasteiger partial charge in [-0.2, -0.15) is 0 Å². The Morgan fingerprint density at radius 1 is 1.18 bits per heavy atom. The average molecular weight is 412 g/mol. The van der Waals surface area contributed by atoms with Gasteiger partial charge in [0, 0.05) is 16.3 Å². The minimum absolute atomic E-state index is 0.0822. The zero-order valence-electron chi connectivity index (χ0n) is 11.8. The van der Waals surface area contributed by atoms with E-state index >= 15 is 0 Å². The van der Waals surface area contributed by atoms with E-state index in [1.54, 1.807) is 12.1 Å². The maximum Gasteiger partial charge on any atom is 0.255 e. The van der Waals surface area contributed by atoms with E-state index in [1.807, 2.05) is 40.8 Å². The van der Waals surface area contributed by atoms with E-state index in [0.717, 1.165) is 0 Å². The number of carbonyl (C=O) groups is 2. The number of benzene rings is 2. The van der Waals surface area contributed by atoms with Gasteiger partial charge in [0.25, 0.3) is 5.91 Å². The maximum absolute atomic E-state index is 13.1. The van der Waals surface area contributed by atoms with Crippen molar-refractivity contribution < 1.29 is 14.0 Å². The average Bonchev–Trinajstić information content (AvgIpc) is 2.47. The minimum Gasteiger partial charge on any atom is -0.332 e. The van der Waals surface area contributed by atoms with Crippen molar-refractivity contribution in [2.75, 3.05) is 18.9 Å². The van der Waals surface area contributed by atoms with Gasteiger partial charge >= 0.3 is 0 Å². The molecule has 2 aromatic carbocycles. The number of rotatable bonds is 4. The molecule has 0 aliphatic rings. The van der Waals surface area contributed by atoms with Crippen molar-refractivity contribution >= 4 is 40.1 Å². The van der Waals surface area contributed by atoms with Crippen LogP contribution in [0.25, 0.3) is 0 Å². The summed E-state index contributed by atoms with van der Waals surface area (Å²) in [4.78, 5) is 25.5. The Balaban J connectivity index is 2.00. The third-order valence-electron chi connectivity index (χ3n) is 2.95. The molecule has 0 aromatic heterocycles. The van der Waals surface area contributed by atoms with Gasteiger partial charge in [0.15, 0.2) is 0 Å². The SMILES string of the molecule is CN(CC(=O)Nc1ccccc1)C(=O)c1ccc(F)cc1I. The van der Waals surface area contributed by atoms with Gasteiger partial charge in [-0.25, -0.2) is 4.39 Å². The molecule has 114 valence electrons. The summed E-state index contributed by atoms with van der Waals surface area (Å²) in [5, 5.41) is 2.71. The monoisotopic (exact) mass is 412 g/mol. The molecule has 6 heteroatoms. The van der Waals surface area contributed by atoms with E-state index in [0.29, 0.717) is 14.8 Å². The second-order valence-corrected chi connectivity index (χ2v) is 5.86. The number of nitrogens with one attached hydrogen (secondary N) is 1. The number of halogens is 2. The van der Waals surface area contributed by atoms with Gasteiger partial charge in [-0.05, 0) is 52.9 Å². The number of nitrogens with zero attached hydrogens (tertiary/aromatic N) is 1. The standard InChI is InChI=1S/C16H14FIN2O2/c1-20(10-15(21)19-12-5-3-2-4-6-12)16(22)13-8-7-11(17)9-14(13)18/h2-9H,10H2,1H3,(H,19,21). The van der Waals surface area contributed by atoms with E-state index < -0.39 is 5.82 Å². The van der Waals surface area contributed by atoms with Crippen LogP contribution in [0, 0.1) is 9.39 Å². The third kappa shape index (κ3) is 4.27. The van der Waals surface area contributed by atoms with Gasteiger partial charge in [-0.3, -0.25) is 9.59 Å². The van der Waals surface area contributed by atoms with Crippen LogP contribution >= 0.6 is 22.6 Å². The number of amides is 2. The molecule has 2 amide bonds. The summed E-state index contributed by atoms with van der Waals surface area (Å²) in [6.07, 6.45) is 0. The number of para-hydroxylation sites is 1. The molecule has 0 spiro atoms. The summed E-state index contributed by atoms with van der Waals surface area (Å²) >= 11 is 1.90. The molecular weight excluding hydrogens is 398 g/mol. The van der Waals surface area contributed by atoms with Crippen LogP contribution in [0.15, 0.2) is 48.5 Å². The first kappa shape index (κ1) is 16.4. The Labute approximate surface area is 141 Å². The molecule has 1 N–H and O–H groups in total. The Kier molecular flexibility index (Phi) is 5.48. The van der Waals surface area contributed by atoms with Crippen molar-refractivity contribution in [2.24, 2.45) is 0 Å². The fourth-order valence-corrected chi connectivity index (χ4v) is 2.59. The molecule has 0 saturated carbocycles. The highest BCUT2D eigenvalue weighted by Gasteiger charge is 2.17. The van der Waals surface area contributed by atoms with Crippen molar-refractivity contribution in [1.82, 2.24) is 4.90 Å². The van der Waals surface area contributed by atoms with Crippen LogP contribution < -0.4 is 5.32 Å². The zero-order chi connectivity index (χ0) is 16.1. The maximum atomic E-state index is 13.1. The van der Waals surface area contributed by atoms with Crippen LogP contribution in [0.4, 0.5) is 10.1 Å². The number of carbonyl (C=O) groups excluding carboxylic acids is 2. The Morgan fingerprint density at radius 2 is 1.86 bits per heavy atom. The molecule has 2 aromatic rings. The van der Waals surface area contributed by atoms with Crippen LogP contribution in [0.2, 0.25) is 0 Å². The molecular formula is C16H14FIN2O2. The van der Waals surface area contributed by atoms with E-state index in [1.165, 1.54) is 30.1 Å². The topological polar surface area (TPSA) is 49.4 Å². The Morgan fingerprint density at radius 3 is 2.50 bits per heavy atom. The van der Waals surface area contributed by atoms with Crippen LogP contribution in [0.3, 0.4) is 0 Å². The first-order valence-electron chi connectivity index (χ1n) is 6.53. The fourth-order valence-electron chi connectivity index (χ4n) is 1.88. The predicted molar refractivity (Wildman–Crippen MR) is 91.1 cm³/mol. The number of likely N-dealkylation sites (N-methyl/N-ethyl adjacent to an activating group) is 1. The second kappa shape index (κ2) is 7.35. The molecule has 0 heterocycles. The van der Waals surface area contributed by atoms with E-state index in [4.69, 9.17) is 0 Å². The molecule has 22 heavy (non-hydrogen) atoms. The molecule has 0 atom stereocenters. The molecule has 0 saturated heterocycles. The van der Waals surface area contributed by atoms with Gasteiger partial charge in [-0.1, -0.05) is 18.2 Å². The molecule has 0 aliphatic carbocycles. The molecule has 0 radical (unpaired) electrons. The van der Waals surface area contributed by atoms with Crippen LogP contribution in [-0.4, -0.2) is 30.3 Å². The lowest BCUT2D eigenvalue weighted by Gasteiger charge is -2.17. The van der Waals surface area contributed by atoms with Gasteiger partial charge in [-0.15, -0.1) is 0 Å². The number of hydrogen-bond acceptors (Lipinski definition) is 2. The lowest BCUT2D eigenvalue weighted by Crippen LogP contribution is -2.35. The van der Waals surface area contributed by atoms with E-state index in [9.17, 15) is 14.0 Å². The van der Waals surface area contributed by atoms with Crippen LogP contribution in [0.5, 0.6) is 0 Å². The van der Waals surface area contributed by atoms with Crippen molar-refractivity contribution in [3.63, 3.8) is 0 Å². The Bertz CT molecular complexity index is 692. The number of hydrogen-bond donors (Lipinski definition) is 1. The number of anilines is 1. The first-order chi connectivity index (χ1) is 10.5. The first-order valence-corrected chi connectivity index (χ1v) is 7.60. The Hall–Kier alpha value is -1.96. The quantitative estimate of drug-likeness (QED) is 0.785. The van der Waals surface area contributed by atoms with Gasteiger partial charge in [0.2, 0.25) is 5.91 Å². The summed E-state index contributed by atoms with van der Waals surface area (Å²) in [6, 6.07) is 12.9. The predicted octanol–water partition coefficient (Wildman–Crippen LogP) is 3.14. The normalized spacial score (nSPS) is 10.1. The van der Waals surface area contributed by atoms with Crippen molar-refractivity contribution in [1.29, 1.82) is 0 Å². The largest absolute Gasteiger partial charge is 0.332 e. The molecule has 2 rings (SSSR count). The highest BCUT2D eigenvalue weighted by Crippen LogP contribution is 2.15. The van der Waals surface area contributed by atoms with Gasteiger partial charge in [0.1, 0.15) is 5.82 Å². The molecule has 0 bridgehead atoms. The van der Waals surface area contributed by atoms with Gasteiger partial charge < -0.3 is 10.2 Å². The smallest absolute Gasteiger partial charge is 0.255 e. The second-order valence-electron chi connectivity index (χ2n) is 4.70. The van der Waals surface area contributed by atoms with E-state index in [-0.39, 0.29) is 18.4 Å². The van der Waals surface area contributed by atoms with Crippen molar-refractivity contribution in [3.05, 3.63) is 63.5 Å². The van der Waals surface area contributed by atoms with E-state index in [2.05, 4.69) is 5.32 Å². The van der Waals surface area contributed by atoms with Gasteiger partial charge in [0.05, 0.1) is 12.1 Å². The fraction of sp³-hybridized carbons (Fsp3) is 0.125. The lowest BCUT2D eigenvalue weighted by molar-refractivity contribution is -0.116. The molecule has 0 unspecified atom stereocenters. The third-order valence-corrected chi connectivity index (χ3v) is 3.84. The zero-order valence-corrected chi connectivity index (χ0v) is 14.0. The highest BCUT2D eigenvalue weighted by molar-refractivity contribution is 14.1. The summed E-state index contributed by atoms with van der Waals surface area (Å²) in [5.41, 5.74) is 1.04. The highest BCUT2D eigenvalue weighted by atomic mass is 127.